The third-order valence-electron chi connectivity index (χ3n) is 2.09. The summed E-state index contributed by atoms with van der Waals surface area (Å²) in [7, 11) is 0. The fraction of sp³-hybridized carbons (Fsp3) is 0.300. The first kappa shape index (κ1) is 13.7. The van der Waals surface area contributed by atoms with Gasteiger partial charge >= 0.3 is 0 Å². The maximum Gasteiger partial charge on any atom is 0.288 e. The predicted molar refractivity (Wildman–Crippen MR) is 66.6 cm³/mol. The zero-order chi connectivity index (χ0) is 13.0. The third kappa shape index (κ3) is 3.57. The van der Waals surface area contributed by atoms with Crippen molar-refractivity contribution >= 4 is 40.5 Å². The molecule has 7 heteroatoms. The van der Waals surface area contributed by atoms with Crippen LogP contribution in [0.5, 0.6) is 0 Å². The van der Waals surface area contributed by atoms with Crippen molar-refractivity contribution in [3.8, 4) is 0 Å². The molecule has 1 atom stereocenters. The summed E-state index contributed by atoms with van der Waals surface area (Å²) in [5.41, 5.74) is 0.206. The Balaban J connectivity index is 2.84. The number of rotatable bonds is 4. The zero-order valence-electron chi connectivity index (χ0n) is 8.94. The monoisotopic (exact) mass is 276 g/mol. The Kier molecular flexibility index (Phi) is 4.72. The molecule has 1 aromatic rings. The first-order valence-electron chi connectivity index (χ1n) is 4.76. The minimum absolute atomic E-state index is 0.0219. The zero-order valence-corrected chi connectivity index (χ0v) is 10.5. The highest BCUT2D eigenvalue weighted by molar-refractivity contribution is 6.33. The normalized spacial score (nSPS) is 11.9. The minimum atomic E-state index is -0.588. The van der Waals surface area contributed by atoms with Gasteiger partial charge in [0.05, 0.1) is 4.92 Å². The van der Waals surface area contributed by atoms with Crippen LogP contribution in [-0.2, 0) is 4.79 Å². The van der Waals surface area contributed by atoms with Gasteiger partial charge in [-0.1, -0.05) is 18.5 Å². The molecular weight excluding hydrogens is 267 g/mol. The number of nitro benzene ring substituents is 1. The predicted octanol–water partition coefficient (Wildman–Crippen LogP) is 3.06. The molecule has 0 aliphatic heterocycles. The number of carbonyl (C=O) groups excluding carboxylic acids is 1. The van der Waals surface area contributed by atoms with E-state index in [0.29, 0.717) is 5.69 Å². The van der Waals surface area contributed by atoms with Crippen molar-refractivity contribution in [2.45, 2.75) is 6.92 Å². The van der Waals surface area contributed by atoms with Gasteiger partial charge in [-0.15, -0.1) is 11.6 Å². The largest absolute Gasteiger partial charge is 0.326 e. The van der Waals surface area contributed by atoms with E-state index in [1.54, 1.807) is 6.92 Å². The lowest BCUT2D eigenvalue weighted by Crippen LogP contribution is -2.21. The molecule has 0 heterocycles. The molecule has 5 nitrogen and oxygen atoms in total. The van der Waals surface area contributed by atoms with Crippen molar-refractivity contribution in [3.05, 3.63) is 33.3 Å². The van der Waals surface area contributed by atoms with Crippen LogP contribution in [0.15, 0.2) is 18.2 Å². The van der Waals surface area contributed by atoms with Crippen LogP contribution in [0.4, 0.5) is 11.4 Å². The highest BCUT2D eigenvalue weighted by Gasteiger charge is 2.15. The van der Waals surface area contributed by atoms with Gasteiger partial charge in [-0.2, -0.15) is 0 Å². The van der Waals surface area contributed by atoms with Crippen LogP contribution in [0.1, 0.15) is 6.92 Å². The van der Waals surface area contributed by atoms with Gasteiger partial charge in [-0.25, -0.2) is 0 Å². The highest BCUT2D eigenvalue weighted by Crippen LogP contribution is 2.27. The first-order chi connectivity index (χ1) is 7.95. The summed E-state index contributed by atoms with van der Waals surface area (Å²) in [6, 6.07) is 3.99. The van der Waals surface area contributed by atoms with E-state index in [1.165, 1.54) is 18.2 Å². The van der Waals surface area contributed by atoms with Gasteiger partial charge in [0.1, 0.15) is 5.02 Å². The standard InChI is InChI=1S/C10H10Cl2N2O3/c1-6(5-11)10(15)13-7-2-3-9(14(16)17)8(12)4-7/h2-4,6H,5H2,1H3,(H,13,15). The second-order valence-corrected chi connectivity index (χ2v) is 4.18. The molecule has 0 radical (unpaired) electrons. The van der Waals surface area contributed by atoms with E-state index >= 15 is 0 Å². The Morgan fingerprint density at radius 3 is 2.71 bits per heavy atom. The van der Waals surface area contributed by atoms with E-state index in [2.05, 4.69) is 5.32 Å². The lowest BCUT2D eigenvalue weighted by Gasteiger charge is -2.09. The van der Waals surface area contributed by atoms with Gasteiger partial charge in [0.2, 0.25) is 5.91 Å². The topological polar surface area (TPSA) is 72.2 Å². The molecule has 0 fully saturated rings. The van der Waals surface area contributed by atoms with Gasteiger partial charge < -0.3 is 5.32 Å². The SMILES string of the molecule is CC(CCl)C(=O)Nc1ccc([N+](=O)[O-])c(Cl)c1. The molecule has 1 N–H and O–H groups in total. The molecule has 1 aromatic carbocycles. The molecule has 17 heavy (non-hydrogen) atoms. The number of benzene rings is 1. The van der Waals surface area contributed by atoms with Crippen LogP contribution < -0.4 is 5.32 Å². The molecule has 0 spiro atoms. The van der Waals surface area contributed by atoms with Crippen molar-refractivity contribution in [2.75, 3.05) is 11.2 Å². The van der Waals surface area contributed by atoms with E-state index < -0.39 is 4.92 Å². The number of alkyl halides is 1. The number of nitrogens with zero attached hydrogens (tertiary/aromatic N) is 1. The fourth-order valence-electron chi connectivity index (χ4n) is 1.07. The average Bonchev–Trinajstić information content (AvgIpc) is 2.27. The summed E-state index contributed by atoms with van der Waals surface area (Å²) in [6.07, 6.45) is 0. The summed E-state index contributed by atoms with van der Waals surface area (Å²) in [5, 5.41) is 13.1. The smallest absolute Gasteiger partial charge is 0.288 e. The van der Waals surface area contributed by atoms with Gasteiger partial charge in [0.15, 0.2) is 0 Å². The van der Waals surface area contributed by atoms with Gasteiger partial charge in [0, 0.05) is 23.6 Å². The summed E-state index contributed by atoms with van der Waals surface area (Å²) >= 11 is 11.2. The number of halogens is 2. The quantitative estimate of drug-likeness (QED) is 0.522. The maximum atomic E-state index is 11.5. The summed E-state index contributed by atoms with van der Waals surface area (Å²) in [4.78, 5) is 21.4. The number of nitro groups is 1. The average molecular weight is 277 g/mol. The number of carbonyl (C=O) groups is 1. The molecular formula is C10H10Cl2N2O3. The molecule has 1 amide bonds. The van der Waals surface area contributed by atoms with E-state index in [1.807, 2.05) is 0 Å². The number of amides is 1. The molecule has 0 bridgehead atoms. The number of nitrogens with one attached hydrogen (secondary N) is 1. The Morgan fingerprint density at radius 2 is 2.24 bits per heavy atom. The van der Waals surface area contributed by atoms with E-state index in [4.69, 9.17) is 23.2 Å². The van der Waals surface area contributed by atoms with Crippen molar-refractivity contribution < 1.29 is 9.72 Å². The van der Waals surface area contributed by atoms with Crippen LogP contribution in [0.2, 0.25) is 5.02 Å². The van der Waals surface area contributed by atoms with Crippen molar-refractivity contribution in [2.24, 2.45) is 5.92 Å². The maximum absolute atomic E-state index is 11.5. The van der Waals surface area contributed by atoms with Crippen LogP contribution in [-0.4, -0.2) is 16.7 Å². The number of hydrogen-bond acceptors (Lipinski definition) is 3. The fourth-order valence-corrected chi connectivity index (χ4v) is 1.46. The van der Waals surface area contributed by atoms with Crippen molar-refractivity contribution in [1.29, 1.82) is 0 Å². The molecule has 0 saturated carbocycles. The van der Waals surface area contributed by atoms with Crippen molar-refractivity contribution in [3.63, 3.8) is 0 Å². The van der Waals surface area contributed by atoms with E-state index in [-0.39, 0.29) is 28.4 Å². The summed E-state index contributed by atoms with van der Waals surface area (Å²) in [5.74, 6) is -0.400. The second kappa shape index (κ2) is 5.84. The Labute approximate surface area is 108 Å². The van der Waals surface area contributed by atoms with Crippen LogP contribution in [0, 0.1) is 16.0 Å². The van der Waals surface area contributed by atoms with Gasteiger partial charge in [-0.3, -0.25) is 14.9 Å². The molecule has 0 aliphatic rings. The van der Waals surface area contributed by atoms with Gasteiger partial charge in [-0.05, 0) is 12.1 Å². The van der Waals surface area contributed by atoms with Crippen LogP contribution in [0.3, 0.4) is 0 Å². The van der Waals surface area contributed by atoms with E-state index in [0.717, 1.165) is 0 Å². The Hall–Kier alpha value is -1.33. The molecule has 92 valence electrons. The molecule has 0 saturated heterocycles. The molecule has 0 aliphatic carbocycles. The molecule has 1 unspecified atom stereocenters. The molecule has 0 aromatic heterocycles. The van der Waals surface area contributed by atoms with Crippen LogP contribution >= 0.6 is 23.2 Å². The van der Waals surface area contributed by atoms with Crippen molar-refractivity contribution in [1.82, 2.24) is 0 Å². The minimum Gasteiger partial charge on any atom is -0.326 e. The summed E-state index contributed by atoms with van der Waals surface area (Å²) in [6.45, 7) is 1.68. The highest BCUT2D eigenvalue weighted by atomic mass is 35.5. The third-order valence-corrected chi connectivity index (χ3v) is 2.86. The Morgan fingerprint density at radius 1 is 1.59 bits per heavy atom. The van der Waals surface area contributed by atoms with Crippen LogP contribution in [0.25, 0.3) is 0 Å². The lowest BCUT2D eigenvalue weighted by molar-refractivity contribution is -0.384. The number of hydrogen-bond donors (Lipinski definition) is 1. The number of anilines is 1. The Bertz CT molecular complexity index is 451. The summed E-state index contributed by atoms with van der Waals surface area (Å²) < 4.78 is 0. The lowest BCUT2D eigenvalue weighted by atomic mass is 10.2. The second-order valence-electron chi connectivity index (χ2n) is 3.47. The first-order valence-corrected chi connectivity index (χ1v) is 5.67. The van der Waals surface area contributed by atoms with E-state index in [9.17, 15) is 14.9 Å². The van der Waals surface area contributed by atoms with Gasteiger partial charge in [0.25, 0.3) is 5.69 Å². The molecule has 1 rings (SSSR count).